The molecule has 1 aromatic carbocycles. The number of ketones is 1. The van der Waals surface area contributed by atoms with Crippen LogP contribution < -0.4 is 5.32 Å². The standard InChI is InChI=1S/C20H25N3O/c1-13-9-19(23(2)22-13)20(24)10-14-5-7-16(8-6-14)17-11-18(17)21-12-15-3-4-15/h5-9,15,17-18,21H,3-4,10-12H2,1-2H3. The van der Waals surface area contributed by atoms with E-state index in [0.29, 0.717) is 24.1 Å². The molecular weight excluding hydrogens is 298 g/mol. The molecule has 2 unspecified atom stereocenters. The number of benzene rings is 1. The van der Waals surface area contributed by atoms with Gasteiger partial charge in [0.25, 0.3) is 0 Å². The largest absolute Gasteiger partial charge is 0.313 e. The first-order valence-corrected chi connectivity index (χ1v) is 8.96. The molecule has 4 heteroatoms. The van der Waals surface area contributed by atoms with E-state index in [1.165, 1.54) is 31.4 Å². The Balaban J connectivity index is 1.34. The maximum atomic E-state index is 12.4. The fourth-order valence-electron chi connectivity index (χ4n) is 3.46. The van der Waals surface area contributed by atoms with Crippen LogP contribution in [-0.2, 0) is 13.5 Å². The number of aromatic nitrogens is 2. The van der Waals surface area contributed by atoms with Gasteiger partial charge in [0.15, 0.2) is 5.78 Å². The minimum atomic E-state index is 0.126. The second-order valence-corrected chi connectivity index (χ2v) is 7.44. The van der Waals surface area contributed by atoms with E-state index in [4.69, 9.17) is 0 Å². The number of hydrogen-bond donors (Lipinski definition) is 1. The molecule has 1 N–H and O–H groups in total. The SMILES string of the molecule is Cc1cc(C(=O)Cc2ccc(C3CC3NCC3CC3)cc2)n(C)n1. The smallest absolute Gasteiger partial charge is 0.185 e. The lowest BCUT2D eigenvalue weighted by Crippen LogP contribution is -2.20. The van der Waals surface area contributed by atoms with Gasteiger partial charge in [-0.25, -0.2) is 0 Å². The van der Waals surface area contributed by atoms with Crippen molar-refractivity contribution in [2.45, 2.75) is 44.6 Å². The number of carbonyl (C=O) groups excluding carboxylic acids is 1. The lowest BCUT2D eigenvalue weighted by atomic mass is 10.0. The first kappa shape index (κ1) is 15.6. The molecule has 24 heavy (non-hydrogen) atoms. The quantitative estimate of drug-likeness (QED) is 0.797. The molecule has 126 valence electrons. The van der Waals surface area contributed by atoms with Crippen molar-refractivity contribution < 1.29 is 4.79 Å². The van der Waals surface area contributed by atoms with Gasteiger partial charge in [0.2, 0.25) is 0 Å². The van der Waals surface area contributed by atoms with E-state index in [1.807, 2.05) is 20.0 Å². The van der Waals surface area contributed by atoms with Gasteiger partial charge in [0, 0.05) is 25.4 Å². The summed E-state index contributed by atoms with van der Waals surface area (Å²) in [5.74, 6) is 1.73. The molecule has 1 aromatic heterocycles. The second kappa shape index (κ2) is 6.17. The minimum absolute atomic E-state index is 0.126. The average Bonchev–Trinajstić information content (AvgIpc) is 3.45. The number of carbonyl (C=O) groups is 1. The van der Waals surface area contributed by atoms with Crippen molar-refractivity contribution in [2.24, 2.45) is 13.0 Å². The van der Waals surface area contributed by atoms with E-state index >= 15 is 0 Å². The third-order valence-electron chi connectivity index (χ3n) is 5.22. The summed E-state index contributed by atoms with van der Waals surface area (Å²) in [6, 6.07) is 11.1. The Kier molecular flexibility index (Phi) is 4.01. The fraction of sp³-hybridized carbons (Fsp3) is 0.500. The van der Waals surface area contributed by atoms with Crippen molar-refractivity contribution in [3.8, 4) is 0 Å². The van der Waals surface area contributed by atoms with Crippen molar-refractivity contribution >= 4 is 5.78 Å². The van der Waals surface area contributed by atoms with Crippen LogP contribution in [0.5, 0.6) is 0 Å². The molecule has 0 aliphatic heterocycles. The van der Waals surface area contributed by atoms with Crippen molar-refractivity contribution in [1.82, 2.24) is 15.1 Å². The third-order valence-corrected chi connectivity index (χ3v) is 5.22. The van der Waals surface area contributed by atoms with Crippen LogP contribution in [0.25, 0.3) is 0 Å². The first-order valence-electron chi connectivity index (χ1n) is 8.96. The van der Waals surface area contributed by atoms with Gasteiger partial charge in [-0.3, -0.25) is 9.48 Å². The number of nitrogens with zero attached hydrogens (tertiary/aromatic N) is 2. The summed E-state index contributed by atoms with van der Waals surface area (Å²) in [6.07, 6.45) is 4.50. The van der Waals surface area contributed by atoms with Crippen molar-refractivity contribution in [2.75, 3.05) is 6.54 Å². The number of hydrogen-bond acceptors (Lipinski definition) is 3. The van der Waals surface area contributed by atoms with E-state index in [0.717, 1.165) is 17.2 Å². The van der Waals surface area contributed by atoms with Gasteiger partial charge in [-0.15, -0.1) is 0 Å². The summed E-state index contributed by atoms with van der Waals surface area (Å²) in [4.78, 5) is 12.4. The zero-order chi connectivity index (χ0) is 16.7. The predicted octanol–water partition coefficient (Wildman–Crippen LogP) is 3.01. The summed E-state index contributed by atoms with van der Waals surface area (Å²) in [5, 5.41) is 7.93. The fourth-order valence-corrected chi connectivity index (χ4v) is 3.46. The summed E-state index contributed by atoms with van der Waals surface area (Å²) < 4.78 is 1.67. The molecule has 2 aromatic rings. The van der Waals surface area contributed by atoms with Gasteiger partial charge in [0.05, 0.1) is 5.69 Å². The van der Waals surface area contributed by atoms with Gasteiger partial charge >= 0.3 is 0 Å². The van der Waals surface area contributed by atoms with Crippen LogP contribution in [0.2, 0.25) is 0 Å². The zero-order valence-corrected chi connectivity index (χ0v) is 14.5. The van der Waals surface area contributed by atoms with Crippen LogP contribution >= 0.6 is 0 Å². The maximum Gasteiger partial charge on any atom is 0.185 e. The summed E-state index contributed by atoms with van der Waals surface area (Å²) >= 11 is 0. The topological polar surface area (TPSA) is 46.9 Å². The van der Waals surface area contributed by atoms with E-state index in [1.54, 1.807) is 4.68 Å². The lowest BCUT2D eigenvalue weighted by Gasteiger charge is -2.05. The maximum absolute atomic E-state index is 12.4. The molecular formula is C20H25N3O. The Labute approximate surface area is 143 Å². The Morgan fingerprint density at radius 2 is 2.04 bits per heavy atom. The van der Waals surface area contributed by atoms with Crippen LogP contribution in [0.4, 0.5) is 0 Å². The molecule has 0 amide bonds. The van der Waals surface area contributed by atoms with Crippen LogP contribution in [0.3, 0.4) is 0 Å². The van der Waals surface area contributed by atoms with Gasteiger partial charge in [-0.2, -0.15) is 5.10 Å². The zero-order valence-electron chi connectivity index (χ0n) is 14.5. The Bertz CT molecular complexity index is 743. The van der Waals surface area contributed by atoms with Crippen LogP contribution in [0, 0.1) is 12.8 Å². The number of aryl methyl sites for hydroxylation is 2. The van der Waals surface area contributed by atoms with Crippen molar-refractivity contribution in [3.05, 3.63) is 52.8 Å². The third kappa shape index (κ3) is 3.44. The molecule has 2 saturated carbocycles. The summed E-state index contributed by atoms with van der Waals surface area (Å²) in [5.41, 5.74) is 4.04. The number of nitrogens with one attached hydrogen (secondary N) is 1. The molecule has 1 heterocycles. The molecule has 2 fully saturated rings. The molecule has 2 atom stereocenters. The van der Waals surface area contributed by atoms with Crippen LogP contribution in [0.1, 0.15) is 52.5 Å². The van der Waals surface area contributed by atoms with Gasteiger partial charge in [-0.05, 0) is 55.8 Å². The molecule has 4 rings (SSSR count). The first-order chi connectivity index (χ1) is 11.6. The highest BCUT2D eigenvalue weighted by Gasteiger charge is 2.38. The molecule has 2 aliphatic carbocycles. The summed E-state index contributed by atoms with van der Waals surface area (Å²) in [7, 11) is 1.82. The van der Waals surface area contributed by atoms with E-state index in [2.05, 4.69) is 34.7 Å². The van der Waals surface area contributed by atoms with E-state index < -0.39 is 0 Å². The van der Waals surface area contributed by atoms with Crippen LogP contribution in [0.15, 0.2) is 30.3 Å². The predicted molar refractivity (Wildman–Crippen MR) is 94.3 cm³/mol. The second-order valence-electron chi connectivity index (χ2n) is 7.44. The van der Waals surface area contributed by atoms with Gasteiger partial charge < -0.3 is 5.32 Å². The van der Waals surface area contributed by atoms with Gasteiger partial charge in [0.1, 0.15) is 5.69 Å². The summed E-state index contributed by atoms with van der Waals surface area (Å²) in [6.45, 7) is 3.10. The number of rotatable bonds is 7. The normalized spacial score (nSPS) is 22.6. The molecule has 0 bridgehead atoms. The minimum Gasteiger partial charge on any atom is -0.313 e. The molecule has 2 aliphatic rings. The molecule has 0 saturated heterocycles. The Morgan fingerprint density at radius 1 is 1.29 bits per heavy atom. The highest BCUT2D eigenvalue weighted by molar-refractivity contribution is 5.96. The highest BCUT2D eigenvalue weighted by Crippen LogP contribution is 2.41. The monoisotopic (exact) mass is 323 g/mol. The van der Waals surface area contributed by atoms with E-state index in [9.17, 15) is 4.79 Å². The Hall–Kier alpha value is -1.94. The molecule has 0 radical (unpaired) electrons. The number of Topliss-reactive ketones (excluding diaryl/α,β-unsaturated/α-hetero) is 1. The van der Waals surface area contributed by atoms with Gasteiger partial charge in [-0.1, -0.05) is 24.3 Å². The van der Waals surface area contributed by atoms with Crippen molar-refractivity contribution in [3.63, 3.8) is 0 Å². The average molecular weight is 323 g/mol. The van der Waals surface area contributed by atoms with Crippen molar-refractivity contribution in [1.29, 1.82) is 0 Å². The molecule has 0 spiro atoms. The highest BCUT2D eigenvalue weighted by atomic mass is 16.1. The van der Waals surface area contributed by atoms with Crippen LogP contribution in [-0.4, -0.2) is 28.2 Å². The lowest BCUT2D eigenvalue weighted by molar-refractivity contribution is 0.0984. The van der Waals surface area contributed by atoms with E-state index in [-0.39, 0.29) is 5.78 Å². The Morgan fingerprint density at radius 3 is 2.67 bits per heavy atom. The molecule has 4 nitrogen and oxygen atoms in total.